The zero-order valence-electron chi connectivity index (χ0n) is 11.6. The maximum atomic E-state index is 12.2. The smallest absolute Gasteiger partial charge is 0.203 e. The van der Waals surface area contributed by atoms with E-state index in [1.807, 2.05) is 13.0 Å². The van der Waals surface area contributed by atoms with E-state index in [1.54, 1.807) is 43.5 Å². The molecule has 2 aromatic carbocycles. The molecule has 0 radical (unpaired) electrons. The van der Waals surface area contributed by atoms with E-state index in [4.69, 9.17) is 15.2 Å². The highest BCUT2D eigenvalue weighted by Crippen LogP contribution is 2.21. The van der Waals surface area contributed by atoms with Crippen molar-refractivity contribution in [3.8, 4) is 11.5 Å². The van der Waals surface area contributed by atoms with Crippen molar-refractivity contribution < 1.29 is 14.3 Å². The molecular formula is C16H17NO3. The number of benzene rings is 2. The predicted molar refractivity (Wildman–Crippen MR) is 78.4 cm³/mol. The van der Waals surface area contributed by atoms with Crippen molar-refractivity contribution in [2.45, 2.75) is 6.92 Å². The number of carbonyl (C=O) groups excluding carboxylic acids is 1. The Morgan fingerprint density at radius 3 is 2.50 bits per heavy atom. The predicted octanol–water partition coefficient (Wildman–Crippen LogP) is 2.85. The van der Waals surface area contributed by atoms with Crippen LogP contribution in [0.15, 0.2) is 42.5 Å². The zero-order valence-corrected chi connectivity index (χ0v) is 11.6. The van der Waals surface area contributed by atoms with E-state index in [0.717, 1.165) is 5.56 Å². The van der Waals surface area contributed by atoms with Gasteiger partial charge in [-0.05, 0) is 43.3 Å². The second-order valence-electron chi connectivity index (χ2n) is 4.48. The van der Waals surface area contributed by atoms with Crippen LogP contribution in [0.2, 0.25) is 0 Å². The first-order valence-corrected chi connectivity index (χ1v) is 6.26. The topological polar surface area (TPSA) is 61.5 Å². The maximum Gasteiger partial charge on any atom is 0.203 e. The molecule has 0 aliphatic heterocycles. The van der Waals surface area contributed by atoms with Crippen LogP contribution in [-0.2, 0) is 0 Å². The number of Topliss-reactive ketones (excluding diaryl/α,β-unsaturated/α-hetero) is 1. The van der Waals surface area contributed by atoms with Gasteiger partial charge < -0.3 is 15.2 Å². The number of nitrogen functional groups attached to an aromatic ring is 1. The van der Waals surface area contributed by atoms with Crippen molar-refractivity contribution >= 4 is 11.5 Å². The molecule has 2 N–H and O–H groups in total. The molecule has 0 saturated heterocycles. The zero-order chi connectivity index (χ0) is 14.5. The molecule has 0 atom stereocenters. The van der Waals surface area contributed by atoms with Gasteiger partial charge in [-0.3, -0.25) is 4.79 Å². The summed E-state index contributed by atoms with van der Waals surface area (Å²) in [5.41, 5.74) is 7.78. The van der Waals surface area contributed by atoms with Crippen LogP contribution in [0.25, 0.3) is 0 Å². The second kappa shape index (κ2) is 6.10. The van der Waals surface area contributed by atoms with E-state index in [1.165, 1.54) is 0 Å². The maximum absolute atomic E-state index is 12.2. The number of ketones is 1. The Bertz CT molecular complexity index is 606. The molecule has 0 unspecified atom stereocenters. The molecule has 0 fully saturated rings. The molecule has 0 bridgehead atoms. The molecule has 0 aliphatic rings. The van der Waals surface area contributed by atoms with Gasteiger partial charge >= 0.3 is 0 Å². The molecule has 0 saturated carbocycles. The van der Waals surface area contributed by atoms with Crippen LogP contribution >= 0.6 is 0 Å². The largest absolute Gasteiger partial charge is 0.496 e. The Balaban J connectivity index is 2.08. The molecule has 0 amide bonds. The minimum atomic E-state index is -0.123. The van der Waals surface area contributed by atoms with Crippen molar-refractivity contribution in [3.05, 3.63) is 53.6 Å². The molecule has 0 aromatic heterocycles. The summed E-state index contributed by atoms with van der Waals surface area (Å²) >= 11 is 0. The fourth-order valence-electron chi connectivity index (χ4n) is 1.83. The molecule has 20 heavy (non-hydrogen) atoms. The van der Waals surface area contributed by atoms with Gasteiger partial charge in [-0.1, -0.05) is 11.6 Å². The van der Waals surface area contributed by atoms with Gasteiger partial charge in [-0.25, -0.2) is 0 Å². The van der Waals surface area contributed by atoms with Gasteiger partial charge in [0.15, 0.2) is 6.61 Å². The molecule has 4 nitrogen and oxygen atoms in total. The van der Waals surface area contributed by atoms with Crippen LogP contribution in [-0.4, -0.2) is 19.5 Å². The van der Waals surface area contributed by atoms with Crippen molar-refractivity contribution in [1.82, 2.24) is 0 Å². The van der Waals surface area contributed by atoms with Crippen molar-refractivity contribution in [2.24, 2.45) is 0 Å². The van der Waals surface area contributed by atoms with Gasteiger partial charge in [-0.2, -0.15) is 0 Å². The van der Waals surface area contributed by atoms with Gasteiger partial charge in [-0.15, -0.1) is 0 Å². The number of carbonyl (C=O) groups is 1. The van der Waals surface area contributed by atoms with Crippen LogP contribution in [0.4, 0.5) is 5.69 Å². The Kier molecular flexibility index (Phi) is 4.25. The molecule has 4 heteroatoms. The minimum Gasteiger partial charge on any atom is -0.496 e. The molecule has 2 rings (SSSR count). The number of hydrogen-bond acceptors (Lipinski definition) is 4. The van der Waals surface area contributed by atoms with Gasteiger partial charge in [0.05, 0.1) is 12.7 Å². The first kappa shape index (κ1) is 13.9. The summed E-state index contributed by atoms with van der Waals surface area (Å²) in [5.74, 6) is 1.04. The fourth-order valence-corrected chi connectivity index (χ4v) is 1.83. The van der Waals surface area contributed by atoms with Gasteiger partial charge in [0.1, 0.15) is 11.5 Å². The summed E-state index contributed by atoms with van der Waals surface area (Å²) in [6, 6.07) is 12.4. The first-order valence-electron chi connectivity index (χ1n) is 6.26. The Morgan fingerprint density at radius 2 is 1.85 bits per heavy atom. The lowest BCUT2D eigenvalue weighted by Crippen LogP contribution is -2.13. The number of rotatable bonds is 5. The van der Waals surface area contributed by atoms with Gasteiger partial charge in [0.2, 0.25) is 5.78 Å². The Labute approximate surface area is 118 Å². The van der Waals surface area contributed by atoms with E-state index in [2.05, 4.69) is 0 Å². The molecule has 2 aromatic rings. The average Bonchev–Trinajstić information content (AvgIpc) is 2.46. The number of anilines is 1. The van der Waals surface area contributed by atoms with Gasteiger partial charge in [0, 0.05) is 5.69 Å². The molecular weight excluding hydrogens is 254 g/mol. The van der Waals surface area contributed by atoms with E-state index >= 15 is 0 Å². The number of nitrogens with two attached hydrogens (primary N) is 1. The highest BCUT2D eigenvalue weighted by molar-refractivity contribution is 6.00. The average molecular weight is 271 g/mol. The molecule has 0 heterocycles. The molecule has 0 aliphatic carbocycles. The van der Waals surface area contributed by atoms with Crippen molar-refractivity contribution in [2.75, 3.05) is 19.5 Å². The SMILES string of the molecule is COc1ccc(C)cc1C(=O)COc1ccc(N)cc1. The van der Waals surface area contributed by atoms with Crippen molar-refractivity contribution in [1.29, 1.82) is 0 Å². The normalized spacial score (nSPS) is 10.1. The number of aryl methyl sites for hydroxylation is 1. The van der Waals surface area contributed by atoms with E-state index in [9.17, 15) is 4.79 Å². The standard InChI is InChI=1S/C16H17NO3/c1-11-3-8-16(19-2)14(9-11)15(18)10-20-13-6-4-12(17)5-7-13/h3-9H,10,17H2,1-2H3. The summed E-state index contributed by atoms with van der Waals surface area (Å²) in [4.78, 5) is 12.2. The monoisotopic (exact) mass is 271 g/mol. The quantitative estimate of drug-likeness (QED) is 0.671. The third-order valence-electron chi connectivity index (χ3n) is 2.91. The highest BCUT2D eigenvalue weighted by Gasteiger charge is 2.13. The summed E-state index contributed by atoms with van der Waals surface area (Å²) in [6.45, 7) is 1.89. The summed E-state index contributed by atoms with van der Waals surface area (Å²) in [6.07, 6.45) is 0. The highest BCUT2D eigenvalue weighted by atomic mass is 16.5. The Morgan fingerprint density at radius 1 is 1.15 bits per heavy atom. The lowest BCUT2D eigenvalue weighted by atomic mass is 10.1. The first-order chi connectivity index (χ1) is 9.60. The molecule has 0 spiro atoms. The summed E-state index contributed by atoms with van der Waals surface area (Å²) < 4.78 is 10.7. The van der Waals surface area contributed by atoms with Crippen molar-refractivity contribution in [3.63, 3.8) is 0 Å². The number of ether oxygens (including phenoxy) is 2. The van der Waals surface area contributed by atoms with E-state index in [-0.39, 0.29) is 12.4 Å². The summed E-state index contributed by atoms with van der Waals surface area (Å²) in [5, 5.41) is 0. The van der Waals surface area contributed by atoms with Gasteiger partial charge in [0.25, 0.3) is 0 Å². The Hall–Kier alpha value is -2.49. The van der Waals surface area contributed by atoms with Crippen LogP contribution < -0.4 is 15.2 Å². The van der Waals surface area contributed by atoms with E-state index in [0.29, 0.717) is 22.7 Å². The second-order valence-corrected chi connectivity index (χ2v) is 4.48. The minimum absolute atomic E-state index is 0.0380. The van der Waals surface area contributed by atoms with Crippen LogP contribution in [0.3, 0.4) is 0 Å². The van der Waals surface area contributed by atoms with Crippen LogP contribution in [0.5, 0.6) is 11.5 Å². The summed E-state index contributed by atoms with van der Waals surface area (Å²) in [7, 11) is 1.54. The third-order valence-corrected chi connectivity index (χ3v) is 2.91. The lowest BCUT2D eigenvalue weighted by molar-refractivity contribution is 0.0918. The van der Waals surface area contributed by atoms with Crippen LogP contribution in [0, 0.1) is 6.92 Å². The third kappa shape index (κ3) is 3.29. The lowest BCUT2D eigenvalue weighted by Gasteiger charge is -2.10. The van der Waals surface area contributed by atoms with E-state index < -0.39 is 0 Å². The fraction of sp³-hybridized carbons (Fsp3) is 0.188. The number of hydrogen-bond donors (Lipinski definition) is 1. The number of methoxy groups -OCH3 is 1. The van der Waals surface area contributed by atoms with Crippen LogP contribution in [0.1, 0.15) is 15.9 Å². The molecule has 104 valence electrons.